The molecule has 4 rings (SSSR count). The van der Waals surface area contributed by atoms with Crippen LogP contribution in [0.5, 0.6) is 0 Å². The number of anilines is 2. The van der Waals surface area contributed by atoms with E-state index in [0.29, 0.717) is 12.4 Å². The van der Waals surface area contributed by atoms with E-state index in [-0.39, 0.29) is 11.1 Å². The van der Waals surface area contributed by atoms with Crippen LogP contribution in [0.2, 0.25) is 0 Å². The molecule has 11 heteroatoms. The van der Waals surface area contributed by atoms with Crippen LogP contribution < -0.4 is 10.6 Å². The summed E-state index contributed by atoms with van der Waals surface area (Å²) in [4.78, 5) is 4.86. The van der Waals surface area contributed by atoms with E-state index in [1.54, 1.807) is 37.3 Å². The number of benzene rings is 1. The van der Waals surface area contributed by atoms with E-state index in [9.17, 15) is 4.57 Å². The number of aromatic nitrogens is 7. The van der Waals surface area contributed by atoms with Gasteiger partial charge in [0, 0.05) is 33.9 Å². The zero-order valence-corrected chi connectivity index (χ0v) is 22.4. The summed E-state index contributed by atoms with van der Waals surface area (Å²) < 4.78 is 16.3. The minimum Gasteiger partial charge on any atom is -0.324 e. The lowest BCUT2D eigenvalue weighted by molar-refractivity contribution is 0.353. The average molecular weight is 499 g/mol. The summed E-state index contributed by atoms with van der Waals surface area (Å²) in [5, 5.41) is 23.9. The van der Waals surface area contributed by atoms with Crippen molar-refractivity contribution in [3.63, 3.8) is 0 Å². The molecular formula is C23H31N8OPS. The summed E-state index contributed by atoms with van der Waals surface area (Å²) >= 11 is 1.57. The lowest BCUT2D eigenvalue weighted by atomic mass is 9.98. The van der Waals surface area contributed by atoms with Gasteiger partial charge in [0.05, 0.1) is 5.69 Å². The highest BCUT2D eigenvalue weighted by atomic mass is 32.1. The van der Waals surface area contributed by atoms with Gasteiger partial charge in [0.25, 0.3) is 0 Å². The predicted octanol–water partition coefficient (Wildman–Crippen LogP) is 4.72. The van der Waals surface area contributed by atoms with Crippen molar-refractivity contribution in [3.05, 3.63) is 48.0 Å². The molecule has 0 aliphatic rings. The summed E-state index contributed by atoms with van der Waals surface area (Å²) in [7, 11) is -2.29. The third-order valence-corrected chi connectivity index (χ3v) is 8.00. The SMILES string of the molecule is CC(C)(C)n1cnnc1-c1nc(CC(C)(C)n2cnnc2Nc2ccc(P(C)(C)=O)cc2)cs1. The summed E-state index contributed by atoms with van der Waals surface area (Å²) in [6.07, 6.45) is 4.17. The smallest absolute Gasteiger partial charge is 0.229 e. The molecule has 180 valence electrons. The van der Waals surface area contributed by atoms with Crippen molar-refractivity contribution in [2.75, 3.05) is 18.6 Å². The first kappa shape index (κ1) is 24.3. The Balaban J connectivity index is 1.53. The van der Waals surface area contributed by atoms with E-state index < -0.39 is 7.14 Å². The molecule has 0 spiro atoms. The summed E-state index contributed by atoms with van der Waals surface area (Å²) in [6.45, 7) is 14.2. The van der Waals surface area contributed by atoms with Crippen molar-refractivity contribution in [3.8, 4) is 10.8 Å². The predicted molar refractivity (Wildman–Crippen MR) is 138 cm³/mol. The maximum absolute atomic E-state index is 12.3. The standard InChI is InChI=1S/C23H31N8OPS/c1-22(2,3)30-14-24-28-19(30)20-26-17(13-34-20)12-23(4,5)31-15-25-29-21(31)27-16-8-10-18(11-9-16)33(6,7)32/h8-11,13-15H,12H2,1-7H3,(H,27,29). The number of nitrogens with one attached hydrogen (secondary N) is 1. The first-order valence-electron chi connectivity index (χ1n) is 11.0. The van der Waals surface area contributed by atoms with Crippen LogP contribution >= 0.6 is 18.5 Å². The van der Waals surface area contributed by atoms with E-state index in [0.717, 1.165) is 27.5 Å². The number of nitrogens with zero attached hydrogens (tertiary/aromatic N) is 7. The minimum atomic E-state index is -2.29. The van der Waals surface area contributed by atoms with Gasteiger partial charge in [-0.25, -0.2) is 4.98 Å². The van der Waals surface area contributed by atoms with Gasteiger partial charge < -0.3 is 14.4 Å². The topological polar surface area (TPSA) is 103 Å². The van der Waals surface area contributed by atoms with Crippen molar-refractivity contribution in [2.45, 2.75) is 52.1 Å². The Kier molecular flexibility index (Phi) is 6.25. The van der Waals surface area contributed by atoms with Crippen LogP contribution in [0.3, 0.4) is 0 Å². The zero-order chi connectivity index (χ0) is 24.7. The van der Waals surface area contributed by atoms with Crippen molar-refractivity contribution in [1.82, 2.24) is 34.5 Å². The quantitative estimate of drug-likeness (QED) is 0.368. The molecule has 3 aromatic heterocycles. The first-order valence-corrected chi connectivity index (χ1v) is 14.5. The molecule has 1 aromatic carbocycles. The fourth-order valence-corrected chi connectivity index (χ4v) is 5.35. The first-order chi connectivity index (χ1) is 15.8. The summed E-state index contributed by atoms with van der Waals surface area (Å²) in [5.74, 6) is 1.41. The van der Waals surface area contributed by atoms with Crippen LogP contribution in [-0.4, -0.2) is 47.8 Å². The molecule has 0 saturated heterocycles. The van der Waals surface area contributed by atoms with Gasteiger partial charge in [0.1, 0.15) is 19.8 Å². The second-order valence-electron chi connectivity index (χ2n) is 10.4. The van der Waals surface area contributed by atoms with Crippen LogP contribution in [0, 0.1) is 0 Å². The number of hydrogen-bond acceptors (Lipinski definition) is 8. The van der Waals surface area contributed by atoms with Crippen LogP contribution in [-0.2, 0) is 22.1 Å². The average Bonchev–Trinajstić information content (AvgIpc) is 3.47. The third kappa shape index (κ3) is 5.13. The Morgan fingerprint density at radius 2 is 1.62 bits per heavy atom. The zero-order valence-electron chi connectivity index (χ0n) is 20.6. The second kappa shape index (κ2) is 8.74. The molecule has 0 atom stereocenters. The molecule has 9 nitrogen and oxygen atoms in total. The van der Waals surface area contributed by atoms with Gasteiger partial charge in [-0.15, -0.1) is 31.7 Å². The number of hydrogen-bond donors (Lipinski definition) is 1. The molecule has 0 amide bonds. The van der Waals surface area contributed by atoms with Gasteiger partial charge in [0.2, 0.25) is 5.95 Å². The monoisotopic (exact) mass is 498 g/mol. The molecular weight excluding hydrogens is 467 g/mol. The molecule has 0 saturated carbocycles. The van der Waals surface area contributed by atoms with Crippen molar-refractivity contribution in [2.24, 2.45) is 0 Å². The van der Waals surface area contributed by atoms with Crippen molar-refractivity contribution >= 4 is 35.4 Å². The van der Waals surface area contributed by atoms with E-state index in [4.69, 9.17) is 4.98 Å². The van der Waals surface area contributed by atoms with Crippen molar-refractivity contribution in [1.29, 1.82) is 0 Å². The molecule has 0 radical (unpaired) electrons. The van der Waals surface area contributed by atoms with Gasteiger partial charge in [-0.3, -0.25) is 4.57 Å². The van der Waals surface area contributed by atoms with Crippen LogP contribution in [0.1, 0.15) is 40.3 Å². The van der Waals surface area contributed by atoms with Gasteiger partial charge >= 0.3 is 0 Å². The molecule has 3 heterocycles. The van der Waals surface area contributed by atoms with Gasteiger partial charge in [-0.2, -0.15) is 0 Å². The van der Waals surface area contributed by atoms with Crippen LogP contribution in [0.4, 0.5) is 11.6 Å². The Labute approximate surface area is 204 Å². The molecule has 0 aliphatic heterocycles. The Morgan fingerprint density at radius 3 is 2.26 bits per heavy atom. The summed E-state index contributed by atoms with van der Waals surface area (Å²) in [5.41, 5.74) is 1.37. The van der Waals surface area contributed by atoms with Gasteiger partial charge in [-0.05, 0) is 72.2 Å². The van der Waals surface area contributed by atoms with Crippen molar-refractivity contribution < 1.29 is 4.57 Å². The lowest BCUT2D eigenvalue weighted by Crippen LogP contribution is -2.29. The molecule has 0 bridgehead atoms. The highest BCUT2D eigenvalue weighted by Gasteiger charge is 2.27. The molecule has 34 heavy (non-hydrogen) atoms. The number of rotatable bonds is 7. The normalized spacial score (nSPS) is 12.8. The van der Waals surface area contributed by atoms with Gasteiger partial charge in [-0.1, -0.05) is 0 Å². The molecule has 4 aromatic rings. The highest BCUT2D eigenvalue weighted by Crippen LogP contribution is 2.35. The Bertz CT molecular complexity index is 1320. The van der Waals surface area contributed by atoms with Crippen LogP contribution in [0.25, 0.3) is 10.8 Å². The third-order valence-electron chi connectivity index (χ3n) is 5.57. The largest absolute Gasteiger partial charge is 0.324 e. The molecule has 1 N–H and O–H groups in total. The maximum atomic E-state index is 12.3. The van der Waals surface area contributed by atoms with E-state index in [2.05, 4.69) is 65.7 Å². The minimum absolute atomic E-state index is 0.129. The molecule has 0 unspecified atom stereocenters. The Morgan fingerprint density at radius 1 is 0.971 bits per heavy atom. The maximum Gasteiger partial charge on any atom is 0.229 e. The van der Waals surface area contributed by atoms with Gasteiger partial charge in [0.15, 0.2) is 10.8 Å². The van der Waals surface area contributed by atoms with E-state index >= 15 is 0 Å². The lowest BCUT2D eigenvalue weighted by Gasteiger charge is -2.27. The van der Waals surface area contributed by atoms with E-state index in [1.165, 1.54) is 0 Å². The fraction of sp³-hybridized carbons (Fsp3) is 0.435. The fourth-order valence-electron chi connectivity index (χ4n) is 3.69. The molecule has 0 fully saturated rings. The number of thiazole rings is 1. The molecule has 0 aliphatic carbocycles. The highest BCUT2D eigenvalue weighted by molar-refractivity contribution is 7.70. The van der Waals surface area contributed by atoms with Crippen LogP contribution in [0.15, 0.2) is 42.3 Å². The summed E-state index contributed by atoms with van der Waals surface area (Å²) in [6, 6.07) is 7.61. The van der Waals surface area contributed by atoms with E-state index in [1.807, 2.05) is 33.4 Å². The Hall–Kier alpha value is -2.84. The second-order valence-corrected chi connectivity index (χ2v) is 14.5.